The Labute approximate surface area is 125 Å². The minimum Gasteiger partial charge on any atom is -0.384 e. The van der Waals surface area contributed by atoms with Crippen molar-refractivity contribution >= 4 is 11.6 Å². The van der Waals surface area contributed by atoms with Crippen molar-refractivity contribution in [3.63, 3.8) is 0 Å². The number of benzene rings is 1. The van der Waals surface area contributed by atoms with Crippen molar-refractivity contribution in [2.24, 2.45) is 0 Å². The lowest BCUT2D eigenvalue weighted by molar-refractivity contribution is 0.266. The standard InChI is InChI=1S/C16H21N5/c1-2-5-15(6-3-1)17-9-10-20-11-13-21(14-12-20)16-18-7-4-8-19-16/h1-8,17H,9-14H2. The molecule has 0 aliphatic carbocycles. The van der Waals surface area contributed by atoms with Gasteiger partial charge in [0.1, 0.15) is 0 Å². The van der Waals surface area contributed by atoms with Crippen LogP contribution in [0.5, 0.6) is 0 Å². The van der Waals surface area contributed by atoms with Gasteiger partial charge in [0.25, 0.3) is 0 Å². The van der Waals surface area contributed by atoms with E-state index in [1.807, 2.05) is 12.1 Å². The zero-order valence-corrected chi connectivity index (χ0v) is 12.2. The van der Waals surface area contributed by atoms with Gasteiger partial charge in [-0.15, -0.1) is 0 Å². The number of hydrogen-bond acceptors (Lipinski definition) is 5. The molecule has 5 nitrogen and oxygen atoms in total. The predicted octanol–water partition coefficient (Wildman–Crippen LogP) is 1.71. The first-order valence-electron chi connectivity index (χ1n) is 7.45. The van der Waals surface area contributed by atoms with Gasteiger partial charge in [-0.3, -0.25) is 4.90 Å². The third-order valence-corrected chi connectivity index (χ3v) is 3.74. The summed E-state index contributed by atoms with van der Waals surface area (Å²) in [5, 5.41) is 3.45. The first-order valence-corrected chi connectivity index (χ1v) is 7.45. The molecule has 0 amide bonds. The van der Waals surface area contributed by atoms with Crippen molar-refractivity contribution in [3.8, 4) is 0 Å². The summed E-state index contributed by atoms with van der Waals surface area (Å²) in [6.45, 7) is 6.17. The Morgan fingerprint density at radius 2 is 1.62 bits per heavy atom. The average molecular weight is 283 g/mol. The molecule has 21 heavy (non-hydrogen) atoms. The molecule has 1 aromatic heterocycles. The van der Waals surface area contributed by atoms with Gasteiger partial charge in [-0.1, -0.05) is 18.2 Å². The Morgan fingerprint density at radius 1 is 0.905 bits per heavy atom. The second-order valence-corrected chi connectivity index (χ2v) is 5.17. The molecule has 5 heteroatoms. The molecule has 0 atom stereocenters. The minimum absolute atomic E-state index is 0.847. The fourth-order valence-corrected chi connectivity index (χ4v) is 2.54. The van der Waals surface area contributed by atoms with Crippen LogP contribution in [0.15, 0.2) is 48.8 Å². The summed E-state index contributed by atoms with van der Waals surface area (Å²) < 4.78 is 0. The maximum absolute atomic E-state index is 4.31. The molecule has 1 aromatic carbocycles. The van der Waals surface area contributed by atoms with Gasteiger partial charge in [-0.25, -0.2) is 9.97 Å². The van der Waals surface area contributed by atoms with E-state index in [2.05, 4.69) is 49.4 Å². The minimum atomic E-state index is 0.847. The van der Waals surface area contributed by atoms with E-state index in [0.29, 0.717) is 0 Å². The Kier molecular flexibility index (Phi) is 4.63. The van der Waals surface area contributed by atoms with Gasteiger partial charge in [0.15, 0.2) is 0 Å². The highest BCUT2D eigenvalue weighted by atomic mass is 15.3. The topological polar surface area (TPSA) is 44.3 Å². The van der Waals surface area contributed by atoms with Gasteiger partial charge in [0, 0.05) is 57.3 Å². The van der Waals surface area contributed by atoms with E-state index in [0.717, 1.165) is 45.2 Å². The molecule has 3 rings (SSSR count). The molecule has 0 unspecified atom stereocenters. The highest BCUT2D eigenvalue weighted by Gasteiger charge is 2.17. The van der Waals surface area contributed by atoms with Crippen molar-refractivity contribution in [1.29, 1.82) is 0 Å². The van der Waals surface area contributed by atoms with E-state index >= 15 is 0 Å². The van der Waals surface area contributed by atoms with E-state index in [9.17, 15) is 0 Å². The maximum atomic E-state index is 4.31. The van der Waals surface area contributed by atoms with E-state index in [1.165, 1.54) is 5.69 Å². The molecule has 0 saturated carbocycles. The van der Waals surface area contributed by atoms with Crippen LogP contribution < -0.4 is 10.2 Å². The number of nitrogens with zero attached hydrogens (tertiary/aromatic N) is 4. The highest BCUT2D eigenvalue weighted by Crippen LogP contribution is 2.09. The van der Waals surface area contributed by atoms with Gasteiger partial charge < -0.3 is 10.2 Å². The molecule has 1 fully saturated rings. The van der Waals surface area contributed by atoms with E-state index in [1.54, 1.807) is 12.4 Å². The average Bonchev–Trinajstić information content (AvgIpc) is 2.57. The molecule has 1 aliphatic heterocycles. The fraction of sp³-hybridized carbons (Fsp3) is 0.375. The van der Waals surface area contributed by atoms with Crippen LogP contribution in [0.2, 0.25) is 0 Å². The van der Waals surface area contributed by atoms with Crippen LogP contribution in [-0.2, 0) is 0 Å². The second kappa shape index (κ2) is 7.04. The lowest BCUT2D eigenvalue weighted by atomic mass is 10.3. The molecule has 0 bridgehead atoms. The van der Waals surface area contributed by atoms with Crippen molar-refractivity contribution in [2.75, 3.05) is 49.5 Å². The molecule has 2 heterocycles. The normalized spacial score (nSPS) is 15.9. The molecule has 1 aliphatic rings. The number of nitrogens with one attached hydrogen (secondary N) is 1. The summed E-state index contributed by atoms with van der Waals surface area (Å²) in [7, 11) is 0. The monoisotopic (exact) mass is 283 g/mol. The smallest absolute Gasteiger partial charge is 0.225 e. The second-order valence-electron chi connectivity index (χ2n) is 5.17. The number of para-hydroxylation sites is 1. The SMILES string of the molecule is c1ccc(NCCN2CCN(c3ncccn3)CC2)cc1. The van der Waals surface area contributed by atoms with Crippen LogP contribution in [0.4, 0.5) is 11.6 Å². The Bertz CT molecular complexity index is 520. The highest BCUT2D eigenvalue weighted by molar-refractivity contribution is 5.42. The summed E-state index contributed by atoms with van der Waals surface area (Å²) in [5.74, 6) is 0.847. The molecular weight excluding hydrogens is 262 g/mol. The Hall–Kier alpha value is -2.14. The first kappa shape index (κ1) is 13.8. The molecule has 1 N–H and O–H groups in total. The van der Waals surface area contributed by atoms with Crippen molar-refractivity contribution in [1.82, 2.24) is 14.9 Å². The molecule has 110 valence electrons. The quantitative estimate of drug-likeness (QED) is 0.905. The number of aromatic nitrogens is 2. The third kappa shape index (κ3) is 3.92. The van der Waals surface area contributed by atoms with Crippen LogP contribution in [0.1, 0.15) is 0 Å². The molecule has 0 spiro atoms. The van der Waals surface area contributed by atoms with Crippen LogP contribution in [0.25, 0.3) is 0 Å². The molecule has 0 radical (unpaired) electrons. The summed E-state index contributed by atoms with van der Waals surface area (Å²) in [5.41, 5.74) is 1.19. The van der Waals surface area contributed by atoms with E-state index < -0.39 is 0 Å². The maximum Gasteiger partial charge on any atom is 0.225 e. The molecular formula is C16H21N5. The first-order chi connectivity index (χ1) is 10.4. The van der Waals surface area contributed by atoms with Crippen molar-refractivity contribution in [2.45, 2.75) is 0 Å². The van der Waals surface area contributed by atoms with E-state index in [4.69, 9.17) is 0 Å². The Balaban J connectivity index is 1.40. The summed E-state index contributed by atoms with van der Waals surface area (Å²) in [4.78, 5) is 13.4. The van der Waals surface area contributed by atoms with Crippen LogP contribution in [0, 0.1) is 0 Å². The molecule has 1 saturated heterocycles. The number of rotatable bonds is 5. The van der Waals surface area contributed by atoms with Gasteiger partial charge in [-0.05, 0) is 18.2 Å². The summed E-state index contributed by atoms with van der Waals surface area (Å²) in [6, 6.07) is 12.2. The van der Waals surface area contributed by atoms with Crippen LogP contribution in [-0.4, -0.2) is 54.1 Å². The lowest BCUT2D eigenvalue weighted by Gasteiger charge is -2.34. The van der Waals surface area contributed by atoms with Crippen LogP contribution in [0.3, 0.4) is 0 Å². The number of anilines is 2. The van der Waals surface area contributed by atoms with Gasteiger partial charge in [0.05, 0.1) is 0 Å². The Morgan fingerprint density at radius 3 is 2.33 bits per heavy atom. The third-order valence-electron chi connectivity index (χ3n) is 3.74. The van der Waals surface area contributed by atoms with Crippen molar-refractivity contribution in [3.05, 3.63) is 48.8 Å². The summed E-state index contributed by atoms with van der Waals surface area (Å²) in [6.07, 6.45) is 3.61. The molecule has 2 aromatic rings. The predicted molar refractivity (Wildman–Crippen MR) is 85.6 cm³/mol. The number of hydrogen-bond donors (Lipinski definition) is 1. The zero-order chi connectivity index (χ0) is 14.3. The van der Waals surface area contributed by atoms with E-state index in [-0.39, 0.29) is 0 Å². The lowest BCUT2D eigenvalue weighted by Crippen LogP contribution is -2.48. The van der Waals surface area contributed by atoms with Gasteiger partial charge >= 0.3 is 0 Å². The number of piperazine rings is 1. The van der Waals surface area contributed by atoms with Gasteiger partial charge in [-0.2, -0.15) is 0 Å². The fourth-order valence-electron chi connectivity index (χ4n) is 2.54. The van der Waals surface area contributed by atoms with Crippen molar-refractivity contribution < 1.29 is 0 Å². The van der Waals surface area contributed by atoms with Gasteiger partial charge in [0.2, 0.25) is 5.95 Å². The van der Waals surface area contributed by atoms with Crippen LogP contribution >= 0.6 is 0 Å². The zero-order valence-electron chi connectivity index (χ0n) is 12.2. The summed E-state index contributed by atoms with van der Waals surface area (Å²) >= 11 is 0. The largest absolute Gasteiger partial charge is 0.384 e.